The Morgan fingerprint density at radius 1 is 1.00 bits per heavy atom. The van der Waals surface area contributed by atoms with E-state index in [-0.39, 0.29) is 0 Å². The Labute approximate surface area is 123 Å². The van der Waals surface area contributed by atoms with E-state index in [1.165, 1.54) is 11.1 Å². The minimum absolute atomic E-state index is 0.833. The zero-order valence-corrected chi connectivity index (χ0v) is 12.9. The zero-order valence-electron chi connectivity index (χ0n) is 9.73. The lowest BCUT2D eigenvalue weighted by atomic mass is 10.1. The van der Waals surface area contributed by atoms with Crippen molar-refractivity contribution in [2.75, 3.05) is 0 Å². The Hall–Kier alpha value is -1.13. The molecule has 2 nitrogen and oxygen atoms in total. The van der Waals surface area contributed by atoms with Crippen molar-refractivity contribution in [1.82, 2.24) is 0 Å². The predicted molar refractivity (Wildman–Crippen MR) is 80.6 cm³/mol. The van der Waals surface area contributed by atoms with Crippen LogP contribution >= 0.6 is 31.9 Å². The number of benzene rings is 2. The third-order valence-electron chi connectivity index (χ3n) is 2.04. The maximum Gasteiger partial charge on any atom is 0.300 e. The van der Waals surface area contributed by atoms with Crippen LogP contribution in [0.2, 0.25) is 0 Å². The Morgan fingerprint density at radius 2 is 1.56 bits per heavy atom. The molecular formula is C14H12Br2O2. The van der Waals surface area contributed by atoms with E-state index in [1.807, 2.05) is 30.3 Å². The van der Waals surface area contributed by atoms with Gasteiger partial charge in [-0.15, -0.1) is 0 Å². The van der Waals surface area contributed by atoms with Crippen LogP contribution in [0.25, 0.3) is 11.1 Å². The van der Waals surface area contributed by atoms with E-state index in [4.69, 9.17) is 9.90 Å². The Balaban J connectivity index is 0.000000357. The van der Waals surface area contributed by atoms with E-state index in [0.29, 0.717) is 0 Å². The molecule has 0 amide bonds. The minimum Gasteiger partial charge on any atom is -0.481 e. The maximum atomic E-state index is 9.00. The van der Waals surface area contributed by atoms with Gasteiger partial charge >= 0.3 is 0 Å². The molecule has 0 radical (unpaired) electrons. The van der Waals surface area contributed by atoms with Crippen LogP contribution in [0.15, 0.2) is 57.5 Å². The lowest BCUT2D eigenvalue weighted by Crippen LogP contribution is -1.79. The standard InChI is InChI=1S/C12H8Br2.C2H4O2/c13-11-8-4-7-10(12(11)14)9-5-2-1-3-6-9;1-2(3)4/h1-8H;1H3,(H,3,4). The number of hydrogen-bond acceptors (Lipinski definition) is 1. The molecule has 94 valence electrons. The van der Waals surface area contributed by atoms with Crippen molar-refractivity contribution in [1.29, 1.82) is 0 Å². The highest BCUT2D eigenvalue weighted by Crippen LogP contribution is 2.33. The molecule has 0 saturated carbocycles. The number of halogens is 2. The van der Waals surface area contributed by atoms with Crippen molar-refractivity contribution >= 4 is 37.8 Å². The third-order valence-corrected chi connectivity index (χ3v) is 4.08. The largest absolute Gasteiger partial charge is 0.481 e. The Kier molecular flexibility index (Phi) is 6.09. The van der Waals surface area contributed by atoms with E-state index < -0.39 is 5.97 Å². The molecule has 2 aromatic carbocycles. The van der Waals surface area contributed by atoms with Crippen molar-refractivity contribution in [2.45, 2.75) is 6.92 Å². The van der Waals surface area contributed by atoms with Gasteiger partial charge in [-0.3, -0.25) is 4.79 Å². The third kappa shape index (κ3) is 4.63. The average Bonchev–Trinajstić information content (AvgIpc) is 2.33. The molecule has 0 fully saturated rings. The van der Waals surface area contributed by atoms with Crippen LogP contribution < -0.4 is 0 Å². The number of aliphatic carboxylic acids is 1. The van der Waals surface area contributed by atoms with Crippen molar-refractivity contribution in [3.63, 3.8) is 0 Å². The summed E-state index contributed by atoms with van der Waals surface area (Å²) in [5.74, 6) is -0.833. The first-order valence-corrected chi connectivity index (χ1v) is 6.80. The first-order chi connectivity index (χ1) is 8.52. The fourth-order valence-corrected chi connectivity index (χ4v) is 2.20. The van der Waals surface area contributed by atoms with Crippen LogP contribution in [0, 0.1) is 0 Å². The highest BCUT2D eigenvalue weighted by molar-refractivity contribution is 9.13. The average molecular weight is 372 g/mol. The van der Waals surface area contributed by atoms with E-state index >= 15 is 0 Å². The van der Waals surface area contributed by atoms with Gasteiger partial charge in [0.2, 0.25) is 0 Å². The summed E-state index contributed by atoms with van der Waals surface area (Å²) in [6, 6.07) is 16.5. The molecule has 0 aromatic heterocycles. The second-order valence-electron chi connectivity index (χ2n) is 3.49. The SMILES string of the molecule is Brc1cccc(-c2ccccc2)c1Br.CC(=O)O. The van der Waals surface area contributed by atoms with Crippen LogP contribution in [0.3, 0.4) is 0 Å². The van der Waals surface area contributed by atoms with Gasteiger partial charge in [0.05, 0.1) is 0 Å². The van der Waals surface area contributed by atoms with Gasteiger partial charge in [0.25, 0.3) is 5.97 Å². The molecule has 2 rings (SSSR count). The summed E-state index contributed by atoms with van der Waals surface area (Å²) in [6.07, 6.45) is 0. The Morgan fingerprint density at radius 3 is 2.11 bits per heavy atom. The van der Waals surface area contributed by atoms with Gasteiger partial charge in [0, 0.05) is 15.9 Å². The number of rotatable bonds is 1. The molecule has 0 aliphatic rings. The number of carboxylic acid groups (broad SMARTS) is 1. The second-order valence-corrected chi connectivity index (χ2v) is 5.13. The molecule has 0 bridgehead atoms. The van der Waals surface area contributed by atoms with Crippen LogP contribution in [0.4, 0.5) is 0 Å². The molecule has 4 heteroatoms. The maximum absolute atomic E-state index is 9.00. The van der Waals surface area contributed by atoms with Crippen LogP contribution in [0.5, 0.6) is 0 Å². The summed E-state index contributed by atoms with van der Waals surface area (Å²) in [7, 11) is 0. The van der Waals surface area contributed by atoms with Gasteiger partial charge in [-0.25, -0.2) is 0 Å². The molecular weight excluding hydrogens is 360 g/mol. The number of carboxylic acids is 1. The molecule has 0 saturated heterocycles. The molecule has 2 aromatic rings. The monoisotopic (exact) mass is 370 g/mol. The second kappa shape index (κ2) is 7.34. The molecule has 0 atom stereocenters. The molecule has 1 N–H and O–H groups in total. The number of hydrogen-bond donors (Lipinski definition) is 1. The minimum atomic E-state index is -0.833. The topological polar surface area (TPSA) is 37.3 Å². The molecule has 0 aliphatic heterocycles. The fourth-order valence-electron chi connectivity index (χ4n) is 1.34. The van der Waals surface area contributed by atoms with Gasteiger partial charge in [-0.1, -0.05) is 42.5 Å². The normalized spacial score (nSPS) is 9.28. The van der Waals surface area contributed by atoms with Crippen molar-refractivity contribution < 1.29 is 9.90 Å². The first-order valence-electron chi connectivity index (χ1n) is 5.21. The summed E-state index contributed by atoms with van der Waals surface area (Å²) < 4.78 is 2.19. The summed E-state index contributed by atoms with van der Waals surface area (Å²) >= 11 is 7.07. The smallest absolute Gasteiger partial charge is 0.300 e. The molecule has 0 spiro atoms. The highest BCUT2D eigenvalue weighted by Gasteiger charge is 2.04. The van der Waals surface area contributed by atoms with Crippen LogP contribution in [0.1, 0.15) is 6.92 Å². The van der Waals surface area contributed by atoms with Gasteiger partial charge in [-0.05, 0) is 49.1 Å². The fraction of sp³-hybridized carbons (Fsp3) is 0.0714. The molecule has 0 aliphatic carbocycles. The van der Waals surface area contributed by atoms with Crippen molar-refractivity contribution in [3.8, 4) is 11.1 Å². The highest BCUT2D eigenvalue weighted by atomic mass is 79.9. The van der Waals surface area contributed by atoms with Gasteiger partial charge in [-0.2, -0.15) is 0 Å². The Bertz CT molecular complexity index is 521. The van der Waals surface area contributed by atoms with E-state index in [9.17, 15) is 0 Å². The predicted octanol–water partition coefficient (Wildman–Crippen LogP) is 4.97. The molecule has 0 heterocycles. The van der Waals surface area contributed by atoms with Gasteiger partial charge in [0.1, 0.15) is 0 Å². The number of carbonyl (C=O) groups is 1. The quantitative estimate of drug-likeness (QED) is 0.768. The van der Waals surface area contributed by atoms with Gasteiger partial charge in [0.15, 0.2) is 0 Å². The lowest BCUT2D eigenvalue weighted by molar-refractivity contribution is -0.134. The van der Waals surface area contributed by atoms with Crippen molar-refractivity contribution in [2.24, 2.45) is 0 Å². The van der Waals surface area contributed by atoms with E-state index in [1.54, 1.807) is 0 Å². The van der Waals surface area contributed by atoms with E-state index in [0.717, 1.165) is 15.9 Å². The summed E-state index contributed by atoms with van der Waals surface area (Å²) in [4.78, 5) is 9.00. The zero-order chi connectivity index (χ0) is 13.5. The van der Waals surface area contributed by atoms with Crippen LogP contribution in [-0.4, -0.2) is 11.1 Å². The van der Waals surface area contributed by atoms with Crippen LogP contribution in [-0.2, 0) is 4.79 Å². The van der Waals surface area contributed by atoms with E-state index in [2.05, 4.69) is 50.1 Å². The first kappa shape index (κ1) is 14.9. The molecule has 0 unspecified atom stereocenters. The molecule has 18 heavy (non-hydrogen) atoms. The van der Waals surface area contributed by atoms with Crippen molar-refractivity contribution in [3.05, 3.63) is 57.5 Å². The summed E-state index contributed by atoms with van der Waals surface area (Å²) in [5, 5.41) is 7.42. The summed E-state index contributed by atoms with van der Waals surface area (Å²) in [5.41, 5.74) is 2.43. The summed E-state index contributed by atoms with van der Waals surface area (Å²) in [6.45, 7) is 1.08. The van der Waals surface area contributed by atoms with Gasteiger partial charge < -0.3 is 5.11 Å². The lowest BCUT2D eigenvalue weighted by Gasteiger charge is -2.05.